The molecule has 2 aromatic heterocycles. The SMILES string of the molecule is Cc1cc(C)c(-[n+]2c(-c3ccccc3C)n(C)c3ccc4c(c32)-c2ccc(C)nc2C4)c(C)c1. The number of aromatic nitrogens is 3. The highest BCUT2D eigenvalue weighted by atomic mass is 15.2. The average Bonchev–Trinajstić information content (AvgIpc) is 3.28. The van der Waals surface area contributed by atoms with Gasteiger partial charge in [0, 0.05) is 23.2 Å². The minimum absolute atomic E-state index is 0.892. The first-order valence-electron chi connectivity index (χ1n) is 12.0. The van der Waals surface area contributed by atoms with Gasteiger partial charge in [0.25, 0.3) is 5.82 Å². The van der Waals surface area contributed by atoms with E-state index >= 15 is 0 Å². The van der Waals surface area contributed by atoms with E-state index in [0.29, 0.717) is 0 Å². The third-order valence-corrected chi connectivity index (χ3v) is 7.34. The Labute approximate surface area is 201 Å². The third kappa shape index (κ3) is 2.89. The monoisotopic (exact) mass is 444 g/mol. The molecule has 0 atom stereocenters. The highest BCUT2D eigenvalue weighted by Gasteiger charge is 2.34. The van der Waals surface area contributed by atoms with Crippen LogP contribution in [0.4, 0.5) is 0 Å². The van der Waals surface area contributed by atoms with Crippen molar-refractivity contribution in [1.82, 2.24) is 9.55 Å². The largest absolute Gasteiger partial charge is 0.295 e. The molecule has 0 bridgehead atoms. The number of rotatable bonds is 2. The van der Waals surface area contributed by atoms with E-state index in [0.717, 1.165) is 12.1 Å². The molecule has 2 heterocycles. The lowest BCUT2D eigenvalue weighted by atomic mass is 10.0. The maximum Gasteiger partial charge on any atom is 0.295 e. The zero-order chi connectivity index (χ0) is 23.7. The summed E-state index contributed by atoms with van der Waals surface area (Å²) < 4.78 is 4.89. The average molecular weight is 445 g/mol. The zero-order valence-electron chi connectivity index (χ0n) is 20.8. The van der Waals surface area contributed by atoms with Crippen LogP contribution in [0.25, 0.3) is 39.2 Å². The second-order valence-electron chi connectivity index (χ2n) is 9.87. The van der Waals surface area contributed by atoms with Crippen LogP contribution < -0.4 is 4.57 Å². The first-order valence-corrected chi connectivity index (χ1v) is 12.0. The standard InChI is InChI=1S/C31H30N3/c1-18-15-20(3)29(21(4)16-18)34-30-27(33(6)31(34)24-10-8-7-9-19(24)2)14-12-23-17-26-25(28(23)30)13-11-22(5)32-26/h7-16H,17H2,1-6H3/q+1. The predicted molar refractivity (Wildman–Crippen MR) is 140 cm³/mol. The van der Waals surface area contributed by atoms with E-state index in [9.17, 15) is 0 Å². The topological polar surface area (TPSA) is 21.7 Å². The van der Waals surface area contributed by atoms with Crippen LogP contribution in [0.2, 0.25) is 0 Å². The van der Waals surface area contributed by atoms with Gasteiger partial charge in [-0.3, -0.25) is 4.98 Å². The predicted octanol–water partition coefficient (Wildman–Crippen LogP) is 6.63. The van der Waals surface area contributed by atoms with Crippen molar-refractivity contribution in [3.05, 3.63) is 99.9 Å². The summed E-state index contributed by atoms with van der Waals surface area (Å²) in [4.78, 5) is 4.91. The summed E-state index contributed by atoms with van der Waals surface area (Å²) in [5.41, 5.74) is 16.4. The molecule has 0 saturated heterocycles. The lowest BCUT2D eigenvalue weighted by Crippen LogP contribution is -2.35. The molecule has 0 radical (unpaired) electrons. The Hall–Kier alpha value is -3.72. The minimum atomic E-state index is 0.892. The van der Waals surface area contributed by atoms with Gasteiger partial charge in [-0.1, -0.05) is 48.0 Å². The molecule has 34 heavy (non-hydrogen) atoms. The molecule has 0 saturated carbocycles. The van der Waals surface area contributed by atoms with Gasteiger partial charge in [-0.25, -0.2) is 4.57 Å². The van der Waals surface area contributed by atoms with Gasteiger partial charge >= 0.3 is 0 Å². The summed E-state index contributed by atoms with van der Waals surface area (Å²) >= 11 is 0. The second-order valence-corrected chi connectivity index (χ2v) is 9.87. The number of imidazole rings is 1. The van der Waals surface area contributed by atoms with Gasteiger partial charge in [-0.05, 0) is 75.1 Å². The molecule has 0 fully saturated rings. The molecule has 1 aliphatic carbocycles. The maximum atomic E-state index is 4.91. The van der Waals surface area contributed by atoms with E-state index in [2.05, 4.69) is 111 Å². The van der Waals surface area contributed by atoms with Crippen molar-refractivity contribution in [2.24, 2.45) is 7.05 Å². The summed E-state index contributed by atoms with van der Waals surface area (Å²) in [6.45, 7) is 11.0. The Bertz CT molecular complexity index is 1610. The minimum Gasteiger partial charge on any atom is -0.257 e. The zero-order valence-corrected chi connectivity index (χ0v) is 20.8. The number of pyridine rings is 1. The van der Waals surface area contributed by atoms with E-state index < -0.39 is 0 Å². The Morgan fingerprint density at radius 2 is 1.53 bits per heavy atom. The highest BCUT2D eigenvalue weighted by Crippen LogP contribution is 2.42. The molecule has 0 aliphatic heterocycles. The number of hydrogen-bond donors (Lipinski definition) is 0. The quantitative estimate of drug-likeness (QED) is 0.275. The summed E-state index contributed by atoms with van der Waals surface area (Å²) in [6, 6.07) is 22.3. The molecular weight excluding hydrogens is 414 g/mol. The van der Waals surface area contributed by atoms with E-state index in [1.807, 2.05) is 0 Å². The fourth-order valence-electron chi connectivity index (χ4n) is 5.96. The van der Waals surface area contributed by atoms with Crippen LogP contribution in [0, 0.1) is 34.6 Å². The van der Waals surface area contributed by atoms with E-state index in [-0.39, 0.29) is 0 Å². The smallest absolute Gasteiger partial charge is 0.257 e. The summed E-state index contributed by atoms with van der Waals surface area (Å²) in [5, 5.41) is 0. The Morgan fingerprint density at radius 3 is 2.26 bits per heavy atom. The van der Waals surface area contributed by atoms with Gasteiger partial charge in [-0.2, -0.15) is 4.57 Å². The van der Waals surface area contributed by atoms with Crippen LogP contribution in [-0.4, -0.2) is 9.55 Å². The van der Waals surface area contributed by atoms with Crippen LogP contribution in [0.3, 0.4) is 0 Å². The van der Waals surface area contributed by atoms with Gasteiger partial charge < -0.3 is 0 Å². The molecule has 0 unspecified atom stereocenters. The number of fused-ring (bicyclic) bond motifs is 5. The molecule has 0 spiro atoms. The fraction of sp³-hybridized carbons (Fsp3) is 0.226. The van der Waals surface area contributed by atoms with Gasteiger partial charge in [0.2, 0.25) is 0 Å². The molecule has 6 rings (SSSR count). The summed E-state index contributed by atoms with van der Waals surface area (Å²) in [5.74, 6) is 1.21. The Morgan fingerprint density at radius 1 is 0.794 bits per heavy atom. The van der Waals surface area contributed by atoms with Crippen LogP contribution in [0.5, 0.6) is 0 Å². The van der Waals surface area contributed by atoms with Crippen LogP contribution in [0.15, 0.2) is 60.7 Å². The highest BCUT2D eigenvalue weighted by molar-refractivity contribution is 5.96. The molecule has 168 valence electrons. The van der Waals surface area contributed by atoms with Crippen LogP contribution in [-0.2, 0) is 13.5 Å². The number of aryl methyl sites for hydroxylation is 6. The molecule has 0 amide bonds. The van der Waals surface area contributed by atoms with Gasteiger partial charge in [0.1, 0.15) is 5.69 Å². The van der Waals surface area contributed by atoms with Crippen molar-refractivity contribution in [2.45, 2.75) is 41.0 Å². The molecule has 0 N–H and O–H groups in total. The van der Waals surface area contributed by atoms with E-state index in [4.69, 9.17) is 4.98 Å². The summed E-state index contributed by atoms with van der Waals surface area (Å²) in [7, 11) is 2.20. The fourth-order valence-corrected chi connectivity index (χ4v) is 5.96. The van der Waals surface area contributed by atoms with Crippen LogP contribution in [0.1, 0.15) is 39.2 Å². The van der Waals surface area contributed by atoms with Gasteiger partial charge in [0.15, 0.2) is 11.0 Å². The lowest BCUT2D eigenvalue weighted by molar-refractivity contribution is -0.556. The van der Waals surface area contributed by atoms with Crippen molar-refractivity contribution in [3.8, 4) is 28.2 Å². The molecule has 3 aromatic carbocycles. The Kier molecular flexibility index (Phi) is 4.54. The second kappa shape index (κ2) is 7.39. The number of hydrogen-bond acceptors (Lipinski definition) is 1. The molecular formula is C31H30N3+. The first kappa shape index (κ1) is 20.9. The Balaban J connectivity index is 1.84. The number of nitrogens with zero attached hydrogens (tertiary/aromatic N) is 3. The molecule has 3 nitrogen and oxygen atoms in total. The molecule has 3 heteroatoms. The van der Waals surface area contributed by atoms with Crippen molar-refractivity contribution >= 4 is 11.0 Å². The number of benzene rings is 3. The molecule has 5 aromatic rings. The van der Waals surface area contributed by atoms with Crippen LogP contribution >= 0.6 is 0 Å². The third-order valence-electron chi connectivity index (χ3n) is 7.34. The molecule has 1 aliphatic rings. The summed E-state index contributed by atoms with van der Waals surface area (Å²) in [6.07, 6.45) is 0.892. The van der Waals surface area contributed by atoms with Crippen molar-refractivity contribution in [2.75, 3.05) is 0 Å². The van der Waals surface area contributed by atoms with Gasteiger partial charge in [0.05, 0.1) is 18.3 Å². The first-order chi connectivity index (χ1) is 16.3. The van der Waals surface area contributed by atoms with Crippen molar-refractivity contribution in [1.29, 1.82) is 0 Å². The normalized spacial score (nSPS) is 12.3. The van der Waals surface area contributed by atoms with Gasteiger partial charge in [-0.15, -0.1) is 0 Å². The maximum absolute atomic E-state index is 4.91. The van der Waals surface area contributed by atoms with Crippen molar-refractivity contribution < 1.29 is 4.57 Å². The van der Waals surface area contributed by atoms with Crippen molar-refractivity contribution in [3.63, 3.8) is 0 Å². The lowest BCUT2D eigenvalue weighted by Gasteiger charge is -2.13. The van der Waals surface area contributed by atoms with E-state index in [1.165, 1.54) is 72.7 Å². The van der Waals surface area contributed by atoms with E-state index in [1.54, 1.807) is 0 Å².